The molecule has 3 atom stereocenters. The van der Waals surface area contributed by atoms with Crippen molar-refractivity contribution in [1.29, 1.82) is 0 Å². The number of rotatable bonds is 3. The number of piperazine rings is 1. The maximum Gasteiger partial charge on any atom is 0.0252 e. The molecule has 112 valence electrons. The Bertz CT molecular complexity index is 285. The Morgan fingerprint density at radius 1 is 1.21 bits per heavy atom. The van der Waals surface area contributed by atoms with Gasteiger partial charge in [-0.05, 0) is 38.0 Å². The molecular formula is C17H34N2. The van der Waals surface area contributed by atoms with Crippen LogP contribution in [-0.4, -0.2) is 36.1 Å². The van der Waals surface area contributed by atoms with Crippen molar-refractivity contribution >= 4 is 0 Å². The fourth-order valence-electron chi connectivity index (χ4n) is 4.01. The topological polar surface area (TPSA) is 15.3 Å². The van der Waals surface area contributed by atoms with Gasteiger partial charge in [0.25, 0.3) is 0 Å². The lowest BCUT2D eigenvalue weighted by Gasteiger charge is -2.48. The minimum absolute atomic E-state index is 0.281. The van der Waals surface area contributed by atoms with Crippen LogP contribution in [0, 0.1) is 17.8 Å². The molecule has 1 heterocycles. The zero-order valence-electron chi connectivity index (χ0n) is 13.7. The van der Waals surface area contributed by atoms with Gasteiger partial charge in [-0.2, -0.15) is 0 Å². The minimum Gasteiger partial charge on any atom is -0.309 e. The van der Waals surface area contributed by atoms with Gasteiger partial charge >= 0.3 is 0 Å². The van der Waals surface area contributed by atoms with E-state index in [1.807, 2.05) is 0 Å². The molecular weight excluding hydrogens is 232 g/mol. The molecule has 0 bridgehead atoms. The molecule has 2 fully saturated rings. The summed E-state index contributed by atoms with van der Waals surface area (Å²) in [6.45, 7) is 15.6. The van der Waals surface area contributed by atoms with Crippen LogP contribution in [0.4, 0.5) is 0 Å². The highest BCUT2D eigenvalue weighted by Crippen LogP contribution is 2.32. The summed E-state index contributed by atoms with van der Waals surface area (Å²) >= 11 is 0. The van der Waals surface area contributed by atoms with E-state index in [4.69, 9.17) is 0 Å². The molecule has 1 aliphatic heterocycles. The van der Waals surface area contributed by atoms with Crippen molar-refractivity contribution in [3.8, 4) is 0 Å². The molecule has 1 N–H and O–H groups in total. The minimum atomic E-state index is 0.281. The summed E-state index contributed by atoms with van der Waals surface area (Å²) in [5, 5.41) is 3.73. The predicted octanol–water partition coefficient (Wildman–Crippen LogP) is 3.52. The van der Waals surface area contributed by atoms with Gasteiger partial charge in [-0.3, -0.25) is 4.90 Å². The maximum absolute atomic E-state index is 3.73. The zero-order valence-corrected chi connectivity index (χ0v) is 13.7. The fourth-order valence-corrected chi connectivity index (χ4v) is 4.01. The monoisotopic (exact) mass is 266 g/mol. The van der Waals surface area contributed by atoms with Crippen LogP contribution in [0.2, 0.25) is 0 Å². The zero-order chi connectivity index (χ0) is 14.0. The van der Waals surface area contributed by atoms with Gasteiger partial charge in [-0.15, -0.1) is 0 Å². The normalized spacial score (nSPS) is 36.6. The van der Waals surface area contributed by atoms with Crippen molar-refractivity contribution in [2.24, 2.45) is 17.8 Å². The van der Waals surface area contributed by atoms with E-state index in [1.54, 1.807) is 0 Å². The van der Waals surface area contributed by atoms with Crippen molar-refractivity contribution < 1.29 is 0 Å². The smallest absolute Gasteiger partial charge is 0.0252 e. The average molecular weight is 266 g/mol. The van der Waals surface area contributed by atoms with E-state index in [1.165, 1.54) is 38.8 Å². The van der Waals surface area contributed by atoms with Gasteiger partial charge in [0.2, 0.25) is 0 Å². The summed E-state index contributed by atoms with van der Waals surface area (Å²) in [5.74, 6) is 2.62. The van der Waals surface area contributed by atoms with Crippen molar-refractivity contribution in [2.75, 3.05) is 19.6 Å². The predicted molar refractivity (Wildman–Crippen MR) is 83.4 cm³/mol. The van der Waals surface area contributed by atoms with Crippen LogP contribution in [-0.2, 0) is 0 Å². The summed E-state index contributed by atoms with van der Waals surface area (Å²) in [6, 6.07) is 0.724. The SMILES string of the molecule is CC(C)C1CNC(C)(C)CN1CC1CCCCC1C. The molecule has 1 aliphatic carbocycles. The highest BCUT2D eigenvalue weighted by atomic mass is 15.3. The molecule has 0 aromatic heterocycles. The van der Waals surface area contributed by atoms with Gasteiger partial charge in [-0.25, -0.2) is 0 Å². The van der Waals surface area contributed by atoms with Gasteiger partial charge < -0.3 is 5.32 Å². The van der Waals surface area contributed by atoms with E-state index < -0.39 is 0 Å². The van der Waals surface area contributed by atoms with Crippen LogP contribution in [0.3, 0.4) is 0 Å². The third-order valence-corrected chi connectivity index (χ3v) is 5.38. The highest BCUT2D eigenvalue weighted by Gasteiger charge is 2.36. The molecule has 0 radical (unpaired) electrons. The van der Waals surface area contributed by atoms with E-state index in [0.717, 1.165) is 30.3 Å². The third-order valence-electron chi connectivity index (χ3n) is 5.38. The fraction of sp³-hybridized carbons (Fsp3) is 1.00. The van der Waals surface area contributed by atoms with Crippen molar-refractivity contribution in [3.63, 3.8) is 0 Å². The highest BCUT2D eigenvalue weighted by molar-refractivity contribution is 4.94. The van der Waals surface area contributed by atoms with Crippen LogP contribution >= 0.6 is 0 Å². The first-order chi connectivity index (χ1) is 8.89. The molecule has 3 unspecified atom stereocenters. The number of nitrogens with one attached hydrogen (secondary N) is 1. The van der Waals surface area contributed by atoms with E-state index in [9.17, 15) is 0 Å². The Balaban J connectivity index is 2.00. The molecule has 2 aliphatic rings. The molecule has 1 saturated heterocycles. The summed E-state index contributed by atoms with van der Waals surface area (Å²) in [6.07, 6.45) is 5.82. The number of hydrogen-bond acceptors (Lipinski definition) is 2. The molecule has 2 rings (SSSR count). The average Bonchev–Trinajstić information content (AvgIpc) is 2.30. The molecule has 2 heteroatoms. The standard InChI is InChI=1S/C17H34N2/c1-13(2)16-10-18-17(4,5)12-19(16)11-15-9-7-6-8-14(15)3/h13-16,18H,6-12H2,1-5H3. The first-order valence-electron chi connectivity index (χ1n) is 8.38. The largest absolute Gasteiger partial charge is 0.309 e. The molecule has 0 aromatic carbocycles. The Morgan fingerprint density at radius 2 is 1.89 bits per heavy atom. The molecule has 2 nitrogen and oxygen atoms in total. The van der Waals surface area contributed by atoms with Crippen molar-refractivity contribution in [1.82, 2.24) is 10.2 Å². The van der Waals surface area contributed by atoms with Gasteiger partial charge in [0.15, 0.2) is 0 Å². The van der Waals surface area contributed by atoms with Crippen LogP contribution in [0.15, 0.2) is 0 Å². The molecule has 0 spiro atoms. The van der Waals surface area contributed by atoms with E-state index in [-0.39, 0.29) is 5.54 Å². The summed E-state index contributed by atoms with van der Waals surface area (Å²) in [4.78, 5) is 2.80. The number of hydrogen-bond donors (Lipinski definition) is 1. The van der Waals surface area contributed by atoms with Gasteiger partial charge in [0.05, 0.1) is 0 Å². The van der Waals surface area contributed by atoms with Crippen LogP contribution in [0.1, 0.15) is 60.3 Å². The van der Waals surface area contributed by atoms with E-state index in [2.05, 4.69) is 44.8 Å². The van der Waals surface area contributed by atoms with Gasteiger partial charge in [0, 0.05) is 31.2 Å². The van der Waals surface area contributed by atoms with E-state index in [0.29, 0.717) is 0 Å². The van der Waals surface area contributed by atoms with E-state index >= 15 is 0 Å². The van der Waals surface area contributed by atoms with Crippen LogP contribution in [0.25, 0.3) is 0 Å². The second kappa shape index (κ2) is 6.13. The van der Waals surface area contributed by atoms with Crippen LogP contribution < -0.4 is 5.32 Å². The third kappa shape index (κ3) is 3.95. The second-order valence-corrected chi connectivity index (χ2v) is 8.03. The van der Waals surface area contributed by atoms with Crippen LogP contribution in [0.5, 0.6) is 0 Å². The lowest BCUT2D eigenvalue weighted by atomic mass is 9.79. The summed E-state index contributed by atoms with van der Waals surface area (Å²) < 4.78 is 0. The van der Waals surface area contributed by atoms with Crippen molar-refractivity contribution in [3.05, 3.63) is 0 Å². The first kappa shape index (κ1) is 15.3. The molecule has 0 aromatic rings. The maximum atomic E-state index is 3.73. The quantitative estimate of drug-likeness (QED) is 0.841. The molecule has 0 amide bonds. The Hall–Kier alpha value is -0.0800. The van der Waals surface area contributed by atoms with Crippen molar-refractivity contribution in [2.45, 2.75) is 71.9 Å². The molecule has 19 heavy (non-hydrogen) atoms. The Morgan fingerprint density at radius 3 is 2.53 bits per heavy atom. The lowest BCUT2D eigenvalue weighted by molar-refractivity contribution is 0.0396. The summed E-state index contributed by atoms with van der Waals surface area (Å²) in [5.41, 5.74) is 0.281. The first-order valence-corrected chi connectivity index (χ1v) is 8.38. The lowest BCUT2D eigenvalue weighted by Crippen LogP contribution is -2.63. The summed E-state index contributed by atoms with van der Waals surface area (Å²) in [7, 11) is 0. The Kier molecular flexibility index (Phi) is 4.94. The Labute approximate surface area is 120 Å². The number of nitrogens with zero attached hydrogens (tertiary/aromatic N) is 1. The molecule has 1 saturated carbocycles. The van der Waals surface area contributed by atoms with Gasteiger partial charge in [-0.1, -0.05) is 40.0 Å². The van der Waals surface area contributed by atoms with Gasteiger partial charge in [0.1, 0.15) is 0 Å². The second-order valence-electron chi connectivity index (χ2n) is 8.03.